The lowest BCUT2D eigenvalue weighted by Crippen LogP contribution is -2.22. The van der Waals surface area contributed by atoms with Crippen molar-refractivity contribution < 1.29 is 14.6 Å². The molecule has 0 amide bonds. The van der Waals surface area contributed by atoms with Gasteiger partial charge in [0, 0.05) is 13.7 Å². The second kappa shape index (κ2) is 8.48. The van der Waals surface area contributed by atoms with Crippen molar-refractivity contribution in [3.05, 3.63) is 0 Å². The molecule has 80 valence electrons. The van der Waals surface area contributed by atoms with E-state index in [4.69, 9.17) is 14.6 Å². The molecule has 3 nitrogen and oxygen atoms in total. The Morgan fingerprint density at radius 2 is 2.00 bits per heavy atom. The number of aliphatic hydroxyl groups is 1. The Morgan fingerprint density at radius 3 is 2.46 bits per heavy atom. The summed E-state index contributed by atoms with van der Waals surface area (Å²) in [4.78, 5) is 0. The van der Waals surface area contributed by atoms with E-state index >= 15 is 0 Å². The average molecular weight is 190 g/mol. The van der Waals surface area contributed by atoms with E-state index in [1.807, 2.05) is 0 Å². The van der Waals surface area contributed by atoms with Crippen LogP contribution in [0.5, 0.6) is 0 Å². The molecule has 0 aromatic rings. The van der Waals surface area contributed by atoms with Gasteiger partial charge in [0.2, 0.25) is 0 Å². The third kappa shape index (κ3) is 8.22. The van der Waals surface area contributed by atoms with E-state index in [9.17, 15) is 0 Å². The van der Waals surface area contributed by atoms with Crippen molar-refractivity contribution in [3.63, 3.8) is 0 Å². The van der Waals surface area contributed by atoms with Crippen LogP contribution in [0.2, 0.25) is 0 Å². The number of hydrogen-bond donors (Lipinski definition) is 1. The molecular formula is C10H22O3. The maximum absolute atomic E-state index is 8.77. The van der Waals surface area contributed by atoms with Gasteiger partial charge in [-0.25, -0.2) is 0 Å². The molecule has 0 aromatic heterocycles. The van der Waals surface area contributed by atoms with E-state index in [2.05, 4.69) is 13.8 Å². The monoisotopic (exact) mass is 190 g/mol. The van der Waals surface area contributed by atoms with Crippen molar-refractivity contribution in [1.82, 2.24) is 0 Å². The van der Waals surface area contributed by atoms with Gasteiger partial charge < -0.3 is 14.6 Å². The molecule has 0 aliphatic carbocycles. The van der Waals surface area contributed by atoms with Crippen molar-refractivity contribution in [2.24, 2.45) is 5.92 Å². The molecule has 0 aliphatic rings. The molecule has 1 N–H and O–H groups in total. The predicted octanol–water partition coefficient (Wildman–Crippen LogP) is 1.45. The molecule has 0 spiro atoms. The summed E-state index contributed by atoms with van der Waals surface area (Å²) >= 11 is 0. The first-order valence-electron chi connectivity index (χ1n) is 4.92. The average Bonchev–Trinajstić information content (AvgIpc) is 2.11. The zero-order chi connectivity index (χ0) is 10.1. The summed E-state index contributed by atoms with van der Waals surface area (Å²) in [5, 5.41) is 8.77. The first kappa shape index (κ1) is 12.9. The van der Waals surface area contributed by atoms with Gasteiger partial charge >= 0.3 is 0 Å². The van der Waals surface area contributed by atoms with Crippen LogP contribution >= 0.6 is 0 Å². The van der Waals surface area contributed by atoms with Crippen LogP contribution in [0.3, 0.4) is 0 Å². The Bertz CT molecular complexity index is 100. The molecule has 0 rings (SSSR count). The molecule has 3 heteroatoms. The highest BCUT2D eigenvalue weighted by Crippen LogP contribution is 2.03. The lowest BCUT2D eigenvalue weighted by atomic mass is 10.1. The second-order valence-corrected chi connectivity index (χ2v) is 3.65. The Balaban J connectivity index is 3.14. The standard InChI is InChI=1S/C10H22O3/c1-9(2)5-4-6-13-8-10(7-11)12-3/h9-11H,4-8H2,1-3H3. The third-order valence-electron chi connectivity index (χ3n) is 1.91. The van der Waals surface area contributed by atoms with Crippen LogP contribution in [0.4, 0.5) is 0 Å². The van der Waals surface area contributed by atoms with Crippen molar-refractivity contribution >= 4 is 0 Å². The van der Waals surface area contributed by atoms with E-state index in [1.165, 1.54) is 6.42 Å². The van der Waals surface area contributed by atoms with E-state index in [0.717, 1.165) is 18.9 Å². The fourth-order valence-electron chi connectivity index (χ4n) is 1.00. The van der Waals surface area contributed by atoms with Crippen LogP contribution < -0.4 is 0 Å². The van der Waals surface area contributed by atoms with Crippen molar-refractivity contribution in [2.75, 3.05) is 26.9 Å². The normalized spacial score (nSPS) is 13.6. The van der Waals surface area contributed by atoms with Crippen LogP contribution in [0, 0.1) is 5.92 Å². The molecule has 0 saturated carbocycles. The summed E-state index contributed by atoms with van der Waals surface area (Å²) in [6.07, 6.45) is 2.11. The van der Waals surface area contributed by atoms with Crippen molar-refractivity contribution in [3.8, 4) is 0 Å². The van der Waals surface area contributed by atoms with Crippen LogP contribution in [-0.2, 0) is 9.47 Å². The summed E-state index contributed by atoms with van der Waals surface area (Å²) < 4.78 is 10.3. The maximum atomic E-state index is 8.77. The molecule has 0 radical (unpaired) electrons. The molecule has 13 heavy (non-hydrogen) atoms. The minimum atomic E-state index is -0.168. The Hall–Kier alpha value is -0.120. The van der Waals surface area contributed by atoms with Gasteiger partial charge in [0.15, 0.2) is 0 Å². The molecular weight excluding hydrogens is 168 g/mol. The predicted molar refractivity (Wildman–Crippen MR) is 52.8 cm³/mol. The number of aliphatic hydroxyl groups excluding tert-OH is 1. The van der Waals surface area contributed by atoms with Gasteiger partial charge in [0.25, 0.3) is 0 Å². The molecule has 0 aromatic carbocycles. The number of ether oxygens (including phenoxy) is 2. The van der Waals surface area contributed by atoms with E-state index in [-0.39, 0.29) is 12.7 Å². The molecule has 0 saturated heterocycles. The first-order valence-corrected chi connectivity index (χ1v) is 4.92. The van der Waals surface area contributed by atoms with Gasteiger partial charge in [-0.2, -0.15) is 0 Å². The van der Waals surface area contributed by atoms with Gasteiger partial charge in [-0.05, 0) is 18.8 Å². The lowest BCUT2D eigenvalue weighted by Gasteiger charge is -2.12. The van der Waals surface area contributed by atoms with Gasteiger partial charge in [-0.1, -0.05) is 13.8 Å². The van der Waals surface area contributed by atoms with E-state index in [0.29, 0.717) is 6.61 Å². The fourth-order valence-corrected chi connectivity index (χ4v) is 1.00. The summed E-state index contributed by atoms with van der Waals surface area (Å²) in [6, 6.07) is 0. The maximum Gasteiger partial charge on any atom is 0.103 e. The van der Waals surface area contributed by atoms with Gasteiger partial charge in [0.05, 0.1) is 13.2 Å². The summed E-state index contributed by atoms with van der Waals surface area (Å²) in [7, 11) is 1.58. The highest BCUT2D eigenvalue weighted by Gasteiger charge is 2.04. The van der Waals surface area contributed by atoms with Crippen LogP contribution in [0.15, 0.2) is 0 Å². The van der Waals surface area contributed by atoms with Gasteiger partial charge in [-0.3, -0.25) is 0 Å². The lowest BCUT2D eigenvalue weighted by molar-refractivity contribution is -0.0208. The highest BCUT2D eigenvalue weighted by molar-refractivity contribution is 4.52. The Morgan fingerprint density at radius 1 is 1.31 bits per heavy atom. The fraction of sp³-hybridized carbons (Fsp3) is 1.00. The van der Waals surface area contributed by atoms with Crippen LogP contribution in [0.1, 0.15) is 26.7 Å². The Labute approximate surface area is 81.0 Å². The van der Waals surface area contributed by atoms with E-state index < -0.39 is 0 Å². The molecule has 1 atom stereocenters. The SMILES string of the molecule is COC(CO)COCCCC(C)C. The molecule has 0 fully saturated rings. The van der Waals surface area contributed by atoms with Crippen molar-refractivity contribution in [2.45, 2.75) is 32.8 Å². The van der Waals surface area contributed by atoms with Crippen LogP contribution in [-0.4, -0.2) is 38.1 Å². The Kier molecular flexibility index (Phi) is 8.40. The second-order valence-electron chi connectivity index (χ2n) is 3.65. The smallest absolute Gasteiger partial charge is 0.103 e. The molecule has 0 bridgehead atoms. The topological polar surface area (TPSA) is 38.7 Å². The van der Waals surface area contributed by atoms with E-state index in [1.54, 1.807) is 7.11 Å². The van der Waals surface area contributed by atoms with Crippen molar-refractivity contribution in [1.29, 1.82) is 0 Å². The highest BCUT2D eigenvalue weighted by atomic mass is 16.5. The molecule has 0 heterocycles. The zero-order valence-electron chi connectivity index (χ0n) is 8.95. The minimum absolute atomic E-state index is 0.0285. The molecule has 1 unspecified atom stereocenters. The summed E-state index contributed by atoms with van der Waals surface area (Å²) in [5.41, 5.74) is 0. The molecule has 0 aliphatic heterocycles. The minimum Gasteiger partial charge on any atom is -0.394 e. The first-order chi connectivity index (χ1) is 6.20. The van der Waals surface area contributed by atoms with Gasteiger partial charge in [-0.15, -0.1) is 0 Å². The van der Waals surface area contributed by atoms with Gasteiger partial charge in [0.1, 0.15) is 6.10 Å². The number of hydrogen-bond acceptors (Lipinski definition) is 3. The number of methoxy groups -OCH3 is 1. The number of rotatable bonds is 8. The zero-order valence-corrected chi connectivity index (χ0v) is 8.95. The largest absolute Gasteiger partial charge is 0.394 e. The third-order valence-corrected chi connectivity index (χ3v) is 1.91. The summed E-state index contributed by atoms with van der Waals surface area (Å²) in [6.45, 7) is 5.68. The quantitative estimate of drug-likeness (QED) is 0.589. The summed E-state index contributed by atoms with van der Waals surface area (Å²) in [5.74, 6) is 0.736. The van der Waals surface area contributed by atoms with Crippen LogP contribution in [0.25, 0.3) is 0 Å².